The molecule has 0 amide bonds. The number of aromatic nitrogens is 1. The zero-order chi connectivity index (χ0) is 17.9. The number of benzene rings is 2. The second kappa shape index (κ2) is 7.30. The molecule has 0 saturated carbocycles. The van der Waals surface area contributed by atoms with Crippen molar-refractivity contribution in [2.75, 3.05) is 13.7 Å². The van der Waals surface area contributed by atoms with Crippen LogP contribution >= 0.6 is 11.3 Å². The summed E-state index contributed by atoms with van der Waals surface area (Å²) in [7, 11) is 1.70. The summed E-state index contributed by atoms with van der Waals surface area (Å²) in [6.07, 6.45) is 3.88. The van der Waals surface area contributed by atoms with Gasteiger partial charge in [0.2, 0.25) is 5.13 Å². The molecule has 3 aromatic rings. The summed E-state index contributed by atoms with van der Waals surface area (Å²) in [5.41, 5.74) is 4.60. The molecule has 0 N–H and O–H groups in total. The van der Waals surface area contributed by atoms with Gasteiger partial charge < -0.3 is 9.47 Å². The van der Waals surface area contributed by atoms with Crippen LogP contribution in [0.25, 0.3) is 11.3 Å². The molecule has 0 aliphatic heterocycles. The van der Waals surface area contributed by atoms with Crippen molar-refractivity contribution in [3.63, 3.8) is 0 Å². The van der Waals surface area contributed by atoms with Gasteiger partial charge in [-0.2, -0.15) is 0 Å². The molecule has 0 spiro atoms. The lowest BCUT2D eigenvalue weighted by Crippen LogP contribution is -2.02. The van der Waals surface area contributed by atoms with Crippen LogP contribution in [0.5, 0.6) is 11.5 Å². The van der Waals surface area contributed by atoms with Gasteiger partial charge in [-0.25, -0.2) is 9.98 Å². The molecule has 0 radical (unpaired) electrons. The fourth-order valence-electron chi connectivity index (χ4n) is 3.10. The third-order valence-electron chi connectivity index (χ3n) is 4.39. The van der Waals surface area contributed by atoms with Crippen LogP contribution in [0.1, 0.15) is 22.9 Å². The number of hydrogen-bond donors (Lipinski definition) is 0. The monoisotopic (exact) mass is 364 g/mol. The number of ether oxygens (including phenoxy) is 2. The van der Waals surface area contributed by atoms with Gasteiger partial charge in [0.15, 0.2) is 0 Å². The molecule has 4 nitrogen and oxygen atoms in total. The van der Waals surface area contributed by atoms with E-state index in [4.69, 9.17) is 14.5 Å². The summed E-state index contributed by atoms with van der Waals surface area (Å²) in [5, 5.41) is 0.799. The predicted molar refractivity (Wildman–Crippen MR) is 106 cm³/mol. The zero-order valence-corrected chi connectivity index (χ0v) is 15.7. The summed E-state index contributed by atoms with van der Waals surface area (Å²) in [6.45, 7) is 2.65. The summed E-state index contributed by atoms with van der Waals surface area (Å²) in [4.78, 5) is 10.7. The maximum Gasteiger partial charge on any atom is 0.209 e. The first-order chi connectivity index (χ1) is 12.8. The number of fused-ring (bicyclic) bond motifs is 3. The Kier molecular flexibility index (Phi) is 4.71. The van der Waals surface area contributed by atoms with Gasteiger partial charge in [0.05, 0.1) is 19.4 Å². The van der Waals surface area contributed by atoms with E-state index in [1.165, 1.54) is 16.0 Å². The lowest BCUT2D eigenvalue weighted by atomic mass is 9.93. The Morgan fingerprint density at radius 2 is 1.92 bits per heavy atom. The molecule has 1 heterocycles. The third kappa shape index (κ3) is 3.35. The Balaban J connectivity index is 1.57. The Bertz CT molecular complexity index is 945. The van der Waals surface area contributed by atoms with Gasteiger partial charge in [-0.3, -0.25) is 0 Å². The number of nitrogens with zero attached hydrogens (tertiary/aromatic N) is 2. The maximum absolute atomic E-state index is 5.46. The van der Waals surface area contributed by atoms with Gasteiger partial charge in [0.25, 0.3) is 0 Å². The Morgan fingerprint density at radius 3 is 2.69 bits per heavy atom. The van der Waals surface area contributed by atoms with E-state index in [2.05, 4.69) is 17.1 Å². The van der Waals surface area contributed by atoms with E-state index < -0.39 is 0 Å². The molecule has 0 unspecified atom stereocenters. The molecule has 1 aliphatic rings. The van der Waals surface area contributed by atoms with Crippen molar-refractivity contribution in [2.45, 2.75) is 19.8 Å². The largest absolute Gasteiger partial charge is 0.497 e. The lowest BCUT2D eigenvalue weighted by Gasteiger charge is -2.15. The lowest BCUT2D eigenvalue weighted by molar-refractivity contribution is 0.340. The minimum atomic E-state index is 0.672. The highest BCUT2D eigenvalue weighted by Crippen LogP contribution is 2.40. The van der Waals surface area contributed by atoms with Gasteiger partial charge in [0.1, 0.15) is 11.5 Å². The van der Waals surface area contributed by atoms with Gasteiger partial charge in [-0.1, -0.05) is 11.3 Å². The highest BCUT2D eigenvalue weighted by Gasteiger charge is 2.21. The quantitative estimate of drug-likeness (QED) is 0.594. The molecule has 26 heavy (non-hydrogen) atoms. The number of rotatable bonds is 5. The van der Waals surface area contributed by atoms with Crippen LogP contribution in [0.2, 0.25) is 0 Å². The molecular weight excluding hydrogens is 344 g/mol. The van der Waals surface area contributed by atoms with Gasteiger partial charge in [-0.05, 0) is 73.4 Å². The average Bonchev–Trinajstić information content (AvgIpc) is 3.11. The van der Waals surface area contributed by atoms with Crippen molar-refractivity contribution in [1.29, 1.82) is 0 Å². The van der Waals surface area contributed by atoms with E-state index in [1.807, 2.05) is 43.5 Å². The van der Waals surface area contributed by atoms with E-state index >= 15 is 0 Å². The molecule has 1 aliphatic carbocycles. The highest BCUT2D eigenvalue weighted by atomic mass is 32.1. The average molecular weight is 364 g/mol. The molecule has 1 aromatic heterocycles. The normalized spacial score (nSPS) is 12.7. The van der Waals surface area contributed by atoms with Crippen LogP contribution in [0.4, 0.5) is 5.13 Å². The molecule has 5 heteroatoms. The van der Waals surface area contributed by atoms with E-state index in [9.17, 15) is 0 Å². The van der Waals surface area contributed by atoms with Crippen LogP contribution in [0.15, 0.2) is 47.5 Å². The summed E-state index contributed by atoms with van der Waals surface area (Å²) >= 11 is 1.67. The molecule has 132 valence electrons. The van der Waals surface area contributed by atoms with E-state index in [1.54, 1.807) is 18.4 Å². The minimum Gasteiger partial charge on any atom is -0.497 e. The maximum atomic E-state index is 5.46. The van der Waals surface area contributed by atoms with Crippen LogP contribution in [-0.2, 0) is 12.8 Å². The van der Waals surface area contributed by atoms with E-state index in [-0.39, 0.29) is 0 Å². The minimum absolute atomic E-state index is 0.672. The van der Waals surface area contributed by atoms with Gasteiger partial charge in [-0.15, -0.1) is 0 Å². The molecular formula is C21H20N2O2S. The molecule has 4 rings (SSSR count). The van der Waals surface area contributed by atoms with Crippen molar-refractivity contribution in [2.24, 2.45) is 4.99 Å². The molecule has 0 saturated heterocycles. The standard InChI is InChI=1S/C21H20N2O2S/c1-3-25-16-7-4-14(5-8-16)13-22-21-23-20-18-10-9-17(24-2)12-15(18)6-11-19(20)26-21/h4-5,7-10,12-13H,3,6,11H2,1-2H3. The van der Waals surface area contributed by atoms with Crippen molar-refractivity contribution < 1.29 is 9.47 Å². The number of aryl methyl sites for hydroxylation is 2. The van der Waals surface area contributed by atoms with Crippen LogP contribution in [0.3, 0.4) is 0 Å². The summed E-state index contributed by atoms with van der Waals surface area (Å²) in [6, 6.07) is 14.1. The smallest absolute Gasteiger partial charge is 0.209 e. The van der Waals surface area contributed by atoms with Gasteiger partial charge >= 0.3 is 0 Å². The Morgan fingerprint density at radius 1 is 1.12 bits per heavy atom. The third-order valence-corrected chi connectivity index (χ3v) is 5.41. The van der Waals surface area contributed by atoms with Crippen molar-refractivity contribution in [1.82, 2.24) is 4.98 Å². The summed E-state index contributed by atoms with van der Waals surface area (Å²) < 4.78 is 10.8. The van der Waals surface area contributed by atoms with Gasteiger partial charge in [0, 0.05) is 16.7 Å². The fourth-order valence-corrected chi connectivity index (χ4v) is 4.02. The first-order valence-electron chi connectivity index (χ1n) is 8.70. The first kappa shape index (κ1) is 16.8. The number of hydrogen-bond acceptors (Lipinski definition) is 5. The highest BCUT2D eigenvalue weighted by molar-refractivity contribution is 7.15. The van der Waals surface area contributed by atoms with Crippen molar-refractivity contribution in [3.8, 4) is 22.8 Å². The van der Waals surface area contributed by atoms with Crippen LogP contribution in [-0.4, -0.2) is 24.9 Å². The predicted octanol–water partition coefficient (Wildman–Crippen LogP) is 5.07. The van der Waals surface area contributed by atoms with Crippen LogP contribution in [0, 0.1) is 0 Å². The second-order valence-corrected chi connectivity index (χ2v) is 7.11. The molecule has 0 bridgehead atoms. The van der Waals surface area contributed by atoms with Crippen molar-refractivity contribution >= 4 is 22.7 Å². The van der Waals surface area contributed by atoms with Crippen LogP contribution < -0.4 is 9.47 Å². The number of thiazole rings is 1. The Hall–Kier alpha value is -2.66. The number of aliphatic imine (C=N–C) groups is 1. The van der Waals surface area contributed by atoms with Crippen molar-refractivity contribution in [3.05, 3.63) is 58.5 Å². The Labute approximate surface area is 157 Å². The molecule has 2 aromatic carbocycles. The zero-order valence-electron chi connectivity index (χ0n) is 14.9. The van der Waals surface area contributed by atoms with E-state index in [0.29, 0.717) is 6.61 Å². The molecule has 0 atom stereocenters. The summed E-state index contributed by atoms with van der Waals surface area (Å²) in [5.74, 6) is 1.78. The number of methoxy groups -OCH3 is 1. The SMILES string of the molecule is CCOc1ccc(C=Nc2nc3c(s2)CCc2cc(OC)ccc2-3)cc1. The fraction of sp³-hybridized carbons (Fsp3) is 0.238. The first-order valence-corrected chi connectivity index (χ1v) is 9.52. The van der Waals surface area contributed by atoms with E-state index in [0.717, 1.165) is 40.7 Å². The second-order valence-electron chi connectivity index (χ2n) is 6.05. The topological polar surface area (TPSA) is 43.7 Å². The molecule has 0 fully saturated rings.